The van der Waals surface area contributed by atoms with Crippen molar-refractivity contribution >= 4 is 18.2 Å². The van der Waals surface area contributed by atoms with Gasteiger partial charge in [0.05, 0.1) is 0 Å². The highest BCUT2D eigenvalue weighted by atomic mass is 32.2. The van der Waals surface area contributed by atoms with E-state index in [0.717, 1.165) is 11.8 Å². The summed E-state index contributed by atoms with van der Waals surface area (Å²) in [7, 11) is 0. The molecule has 0 aromatic carbocycles. The molecule has 2 heteroatoms. The zero-order valence-corrected chi connectivity index (χ0v) is 7.69. The zero-order valence-electron chi connectivity index (χ0n) is 6.87. The lowest BCUT2D eigenvalue weighted by atomic mass is 9.86. The average molecular weight is 157 g/mol. The molecule has 0 bridgehead atoms. The first-order chi connectivity index (χ1) is 4.72. The molecule has 10 heavy (non-hydrogen) atoms. The fourth-order valence-electron chi connectivity index (χ4n) is 1.36. The lowest BCUT2D eigenvalue weighted by Gasteiger charge is -2.25. The zero-order chi connectivity index (χ0) is 7.56. The minimum atomic E-state index is 0.709. The summed E-state index contributed by atoms with van der Waals surface area (Å²) in [6.07, 6.45) is 2.11. The Morgan fingerprint density at radius 1 is 1.60 bits per heavy atom. The second-order valence-electron chi connectivity index (χ2n) is 3.35. The maximum Gasteiger partial charge on any atom is 0.0185 e. The van der Waals surface area contributed by atoms with Crippen molar-refractivity contribution in [1.29, 1.82) is 0 Å². The van der Waals surface area contributed by atoms with Crippen LogP contribution >= 0.6 is 11.9 Å². The summed E-state index contributed by atoms with van der Waals surface area (Å²) >= 11 is 1.69. The third kappa shape index (κ3) is 1.75. The van der Waals surface area contributed by atoms with E-state index < -0.39 is 0 Å². The predicted molar refractivity (Wildman–Crippen MR) is 48.4 cm³/mol. The van der Waals surface area contributed by atoms with Crippen molar-refractivity contribution in [3.05, 3.63) is 0 Å². The Balaban J connectivity index is 2.55. The molecule has 0 aromatic heterocycles. The summed E-state index contributed by atoms with van der Waals surface area (Å²) in [6.45, 7) is 6.84. The Kier molecular flexibility index (Phi) is 2.78. The van der Waals surface area contributed by atoms with E-state index in [1.165, 1.54) is 5.75 Å². The summed E-state index contributed by atoms with van der Waals surface area (Å²) in [4.78, 5) is 0. The maximum atomic E-state index is 4.22. The van der Waals surface area contributed by atoms with E-state index in [1.807, 2.05) is 0 Å². The molecule has 1 aliphatic heterocycles. The Bertz CT molecular complexity index is 131. The Labute approximate surface area is 67.4 Å². The molecule has 1 nitrogen and oxygen atoms in total. The monoisotopic (exact) mass is 157 g/mol. The van der Waals surface area contributed by atoms with Crippen molar-refractivity contribution in [1.82, 2.24) is 0 Å². The van der Waals surface area contributed by atoms with Crippen LogP contribution in [0.15, 0.2) is 4.40 Å². The lowest BCUT2D eigenvalue weighted by Crippen LogP contribution is -2.23. The van der Waals surface area contributed by atoms with Crippen molar-refractivity contribution in [2.75, 3.05) is 5.75 Å². The summed E-state index contributed by atoms with van der Waals surface area (Å²) in [5.41, 5.74) is 0. The minimum Gasteiger partial charge on any atom is -0.229 e. The van der Waals surface area contributed by atoms with Crippen molar-refractivity contribution < 1.29 is 0 Å². The summed E-state index contributed by atoms with van der Waals surface area (Å²) < 4.78 is 4.22. The molecular formula is C8H15NS. The van der Waals surface area contributed by atoms with Gasteiger partial charge in [0, 0.05) is 17.9 Å². The standard InChI is InChI=1S/C8H15NS/c1-6(2)8-4-9-10-5-7(8)3/h4,6-8H,5H2,1-3H3. The molecule has 0 saturated heterocycles. The van der Waals surface area contributed by atoms with E-state index in [1.54, 1.807) is 11.9 Å². The lowest BCUT2D eigenvalue weighted by molar-refractivity contribution is 0.390. The van der Waals surface area contributed by atoms with Gasteiger partial charge in [0.25, 0.3) is 0 Å². The van der Waals surface area contributed by atoms with Crippen LogP contribution in [0.2, 0.25) is 0 Å². The van der Waals surface area contributed by atoms with E-state index in [9.17, 15) is 0 Å². The minimum absolute atomic E-state index is 0.709. The van der Waals surface area contributed by atoms with Gasteiger partial charge in [-0.1, -0.05) is 20.8 Å². The predicted octanol–water partition coefficient (Wildman–Crippen LogP) is 2.63. The van der Waals surface area contributed by atoms with Gasteiger partial charge in [0.2, 0.25) is 0 Å². The first kappa shape index (κ1) is 8.12. The van der Waals surface area contributed by atoms with Crippen LogP contribution in [-0.2, 0) is 0 Å². The van der Waals surface area contributed by atoms with E-state index in [0.29, 0.717) is 5.92 Å². The first-order valence-electron chi connectivity index (χ1n) is 3.87. The third-order valence-electron chi connectivity index (χ3n) is 2.07. The molecule has 2 atom stereocenters. The molecule has 0 aliphatic carbocycles. The van der Waals surface area contributed by atoms with Crippen molar-refractivity contribution in [3.8, 4) is 0 Å². The maximum absolute atomic E-state index is 4.22. The molecule has 0 N–H and O–H groups in total. The van der Waals surface area contributed by atoms with E-state index in [2.05, 4.69) is 31.4 Å². The molecule has 1 aliphatic rings. The van der Waals surface area contributed by atoms with Gasteiger partial charge in [-0.15, -0.1) is 0 Å². The number of nitrogens with zero attached hydrogens (tertiary/aromatic N) is 1. The van der Waals surface area contributed by atoms with Crippen LogP contribution in [0.1, 0.15) is 20.8 Å². The van der Waals surface area contributed by atoms with Crippen LogP contribution in [0, 0.1) is 17.8 Å². The molecule has 0 spiro atoms. The molecule has 0 amide bonds. The first-order valence-corrected chi connectivity index (χ1v) is 4.81. The summed E-state index contributed by atoms with van der Waals surface area (Å²) in [5.74, 6) is 3.46. The van der Waals surface area contributed by atoms with Gasteiger partial charge in [-0.25, -0.2) is 4.40 Å². The smallest absolute Gasteiger partial charge is 0.0185 e. The van der Waals surface area contributed by atoms with Gasteiger partial charge < -0.3 is 0 Å². The topological polar surface area (TPSA) is 12.4 Å². The molecule has 0 radical (unpaired) electrons. The highest BCUT2D eigenvalue weighted by molar-refractivity contribution is 7.98. The van der Waals surface area contributed by atoms with Crippen LogP contribution in [0.3, 0.4) is 0 Å². The van der Waals surface area contributed by atoms with Crippen LogP contribution in [0.5, 0.6) is 0 Å². The van der Waals surface area contributed by atoms with Crippen LogP contribution in [0.25, 0.3) is 0 Å². The van der Waals surface area contributed by atoms with Crippen molar-refractivity contribution in [2.45, 2.75) is 20.8 Å². The fraction of sp³-hybridized carbons (Fsp3) is 0.875. The fourth-order valence-corrected chi connectivity index (χ4v) is 2.13. The summed E-state index contributed by atoms with van der Waals surface area (Å²) in [5, 5.41) is 0. The van der Waals surface area contributed by atoms with Crippen LogP contribution < -0.4 is 0 Å². The molecule has 0 saturated carbocycles. The number of hydrogen-bond acceptors (Lipinski definition) is 2. The van der Waals surface area contributed by atoms with Crippen LogP contribution in [0.4, 0.5) is 0 Å². The second kappa shape index (κ2) is 3.42. The van der Waals surface area contributed by atoms with Gasteiger partial charge in [-0.2, -0.15) is 0 Å². The Morgan fingerprint density at radius 3 is 2.70 bits per heavy atom. The highest BCUT2D eigenvalue weighted by Crippen LogP contribution is 2.27. The van der Waals surface area contributed by atoms with Crippen LogP contribution in [-0.4, -0.2) is 12.0 Å². The van der Waals surface area contributed by atoms with Gasteiger partial charge in [0.1, 0.15) is 0 Å². The third-order valence-corrected chi connectivity index (χ3v) is 3.02. The quantitative estimate of drug-likeness (QED) is 0.533. The molecule has 1 heterocycles. The number of rotatable bonds is 1. The second-order valence-corrected chi connectivity index (χ2v) is 4.15. The molecule has 58 valence electrons. The van der Waals surface area contributed by atoms with Gasteiger partial charge in [-0.3, -0.25) is 0 Å². The van der Waals surface area contributed by atoms with E-state index in [-0.39, 0.29) is 0 Å². The molecule has 0 aromatic rings. The Morgan fingerprint density at radius 2 is 2.30 bits per heavy atom. The molecule has 0 fully saturated rings. The van der Waals surface area contributed by atoms with E-state index >= 15 is 0 Å². The number of hydrogen-bond donors (Lipinski definition) is 0. The van der Waals surface area contributed by atoms with Gasteiger partial charge >= 0.3 is 0 Å². The largest absolute Gasteiger partial charge is 0.229 e. The molecule has 1 rings (SSSR count). The molecule has 2 unspecified atom stereocenters. The summed E-state index contributed by atoms with van der Waals surface area (Å²) in [6, 6.07) is 0. The van der Waals surface area contributed by atoms with Crippen molar-refractivity contribution in [3.63, 3.8) is 0 Å². The van der Waals surface area contributed by atoms with E-state index in [4.69, 9.17) is 0 Å². The SMILES string of the molecule is CC(C)C1C=NSCC1C. The highest BCUT2D eigenvalue weighted by Gasteiger charge is 2.21. The van der Waals surface area contributed by atoms with Crippen molar-refractivity contribution in [2.24, 2.45) is 22.2 Å². The normalized spacial score (nSPS) is 33.2. The Hall–Kier alpha value is 0.0200. The average Bonchev–Trinajstić information content (AvgIpc) is 1.88. The molecular weight excluding hydrogens is 142 g/mol. The van der Waals surface area contributed by atoms with Gasteiger partial charge in [0.15, 0.2) is 0 Å². The van der Waals surface area contributed by atoms with Gasteiger partial charge in [-0.05, 0) is 23.8 Å².